The number of nitrogens with one attached hydrogen (secondary N) is 2. The summed E-state index contributed by atoms with van der Waals surface area (Å²) < 4.78 is 30.7. The van der Waals surface area contributed by atoms with Crippen molar-refractivity contribution in [2.75, 3.05) is 23.3 Å². The number of carbonyl (C=O) groups excluding carboxylic acids is 1. The Morgan fingerprint density at radius 2 is 1.65 bits per heavy atom. The van der Waals surface area contributed by atoms with Crippen LogP contribution in [-0.2, 0) is 21.2 Å². The Hall–Kier alpha value is -3.16. The Bertz CT molecular complexity index is 1400. The predicted octanol–water partition coefficient (Wildman–Crippen LogP) is 5.38. The van der Waals surface area contributed by atoms with Crippen LogP contribution in [-0.4, -0.2) is 27.4 Å². The van der Waals surface area contributed by atoms with E-state index in [0.717, 1.165) is 57.2 Å². The van der Waals surface area contributed by atoms with Crippen molar-refractivity contribution >= 4 is 27.3 Å². The van der Waals surface area contributed by atoms with Crippen LogP contribution in [0.4, 0.5) is 11.4 Å². The van der Waals surface area contributed by atoms with Crippen LogP contribution in [0.3, 0.4) is 0 Å². The second-order valence-corrected chi connectivity index (χ2v) is 12.2. The Morgan fingerprint density at radius 3 is 2.46 bits per heavy atom. The van der Waals surface area contributed by atoms with Gasteiger partial charge in [-0.2, -0.15) is 0 Å². The molecule has 0 bridgehead atoms. The Balaban J connectivity index is 1.26. The molecular weight excluding hydrogens is 482 g/mol. The zero-order valence-corrected chi connectivity index (χ0v) is 21.7. The molecule has 7 heteroatoms. The fourth-order valence-corrected chi connectivity index (χ4v) is 7.44. The monoisotopic (exact) mass is 515 g/mol. The van der Waals surface area contributed by atoms with Gasteiger partial charge in [0.2, 0.25) is 15.9 Å². The van der Waals surface area contributed by atoms with Crippen LogP contribution in [0.5, 0.6) is 0 Å². The van der Waals surface area contributed by atoms with Crippen molar-refractivity contribution in [3.05, 3.63) is 89.5 Å². The molecule has 0 radical (unpaired) electrons. The summed E-state index contributed by atoms with van der Waals surface area (Å²) in [5.74, 6) is 0.0826. The van der Waals surface area contributed by atoms with Gasteiger partial charge in [0.15, 0.2) is 0 Å². The minimum Gasteiger partial charge on any atom is -0.370 e. The summed E-state index contributed by atoms with van der Waals surface area (Å²) in [6, 6.07) is 23.2. The topological polar surface area (TPSA) is 78.5 Å². The molecule has 3 atom stereocenters. The molecule has 192 valence electrons. The van der Waals surface area contributed by atoms with Gasteiger partial charge >= 0.3 is 0 Å². The molecule has 6 nitrogen and oxygen atoms in total. The largest absolute Gasteiger partial charge is 0.370 e. The number of rotatable bonds is 7. The summed E-state index contributed by atoms with van der Waals surface area (Å²) >= 11 is 0. The average Bonchev–Trinajstić information content (AvgIpc) is 3.54. The number of carbonyl (C=O) groups is 1. The summed E-state index contributed by atoms with van der Waals surface area (Å²) in [4.78, 5) is 15.4. The van der Waals surface area contributed by atoms with Gasteiger partial charge < -0.3 is 10.2 Å². The molecule has 0 aromatic heterocycles. The van der Waals surface area contributed by atoms with Crippen molar-refractivity contribution in [1.29, 1.82) is 0 Å². The summed E-state index contributed by atoms with van der Waals surface area (Å²) in [6.45, 7) is 1.67. The van der Waals surface area contributed by atoms with E-state index in [9.17, 15) is 13.2 Å². The summed E-state index contributed by atoms with van der Waals surface area (Å²) in [7, 11) is -3.83. The van der Waals surface area contributed by atoms with Crippen LogP contribution in [0.2, 0.25) is 0 Å². The average molecular weight is 516 g/mol. The Morgan fingerprint density at radius 1 is 0.892 bits per heavy atom. The maximum absolute atomic E-state index is 13.9. The Kier molecular flexibility index (Phi) is 6.51. The van der Waals surface area contributed by atoms with Gasteiger partial charge in [0.25, 0.3) is 0 Å². The van der Waals surface area contributed by atoms with Crippen molar-refractivity contribution in [2.24, 2.45) is 5.92 Å². The second kappa shape index (κ2) is 9.95. The number of anilines is 2. The first-order valence-corrected chi connectivity index (χ1v) is 14.8. The minimum atomic E-state index is -3.83. The van der Waals surface area contributed by atoms with Crippen LogP contribution in [0.1, 0.15) is 60.8 Å². The third-order valence-electron chi connectivity index (χ3n) is 7.99. The van der Waals surface area contributed by atoms with Crippen LogP contribution in [0.15, 0.2) is 77.7 Å². The molecule has 1 saturated heterocycles. The SMILES string of the molecule is O=C(Nc1ccc(N2CCCC2)c(S(=O)(=O)N[C@@H]2CCCc3ccccc32)c1)[C@H]1C[C@H]1c1ccccc1. The third-order valence-corrected chi connectivity index (χ3v) is 9.49. The lowest BCUT2D eigenvalue weighted by atomic mass is 9.88. The first-order valence-electron chi connectivity index (χ1n) is 13.3. The zero-order chi connectivity index (χ0) is 25.4. The van der Waals surface area contributed by atoms with Crippen LogP contribution >= 0.6 is 0 Å². The van der Waals surface area contributed by atoms with E-state index >= 15 is 0 Å². The molecule has 2 fully saturated rings. The van der Waals surface area contributed by atoms with Gasteiger partial charge in [-0.25, -0.2) is 13.1 Å². The molecular formula is C30H33N3O3S. The van der Waals surface area contributed by atoms with E-state index in [1.807, 2.05) is 48.5 Å². The van der Waals surface area contributed by atoms with Gasteiger partial charge in [-0.1, -0.05) is 54.6 Å². The van der Waals surface area contributed by atoms with E-state index in [1.54, 1.807) is 6.07 Å². The lowest BCUT2D eigenvalue weighted by Crippen LogP contribution is -2.32. The lowest BCUT2D eigenvalue weighted by Gasteiger charge is -2.28. The number of hydrogen-bond acceptors (Lipinski definition) is 4. The highest BCUT2D eigenvalue weighted by molar-refractivity contribution is 7.89. The normalized spacial score (nSPS) is 22.9. The zero-order valence-electron chi connectivity index (χ0n) is 20.9. The maximum Gasteiger partial charge on any atom is 0.243 e. The molecule has 2 N–H and O–H groups in total. The highest BCUT2D eigenvalue weighted by Crippen LogP contribution is 2.48. The Labute approximate surface area is 219 Å². The van der Waals surface area contributed by atoms with Gasteiger partial charge in [-0.05, 0) is 79.3 Å². The van der Waals surface area contributed by atoms with Crippen molar-refractivity contribution in [2.45, 2.75) is 55.4 Å². The van der Waals surface area contributed by atoms with Crippen molar-refractivity contribution in [1.82, 2.24) is 4.72 Å². The van der Waals surface area contributed by atoms with Gasteiger partial charge in [0.05, 0.1) is 5.69 Å². The summed E-state index contributed by atoms with van der Waals surface area (Å²) in [5, 5.41) is 3.00. The number of sulfonamides is 1. The molecule has 6 rings (SSSR count). The number of fused-ring (bicyclic) bond motifs is 1. The molecule has 1 heterocycles. The maximum atomic E-state index is 13.9. The highest BCUT2D eigenvalue weighted by Gasteiger charge is 2.44. The minimum absolute atomic E-state index is 0.0553. The fraction of sp³-hybridized carbons (Fsp3) is 0.367. The molecule has 1 aliphatic heterocycles. The van der Waals surface area contributed by atoms with Crippen molar-refractivity contribution in [3.8, 4) is 0 Å². The van der Waals surface area contributed by atoms with Crippen LogP contribution < -0.4 is 14.9 Å². The summed E-state index contributed by atoms with van der Waals surface area (Å²) in [6.07, 6.45) is 5.60. The van der Waals surface area contributed by atoms with Crippen LogP contribution in [0, 0.1) is 5.92 Å². The third kappa shape index (κ3) is 5.03. The van der Waals surface area contributed by atoms with Gasteiger partial charge in [0.1, 0.15) is 4.90 Å². The van der Waals surface area contributed by atoms with Crippen LogP contribution in [0.25, 0.3) is 0 Å². The van der Waals surface area contributed by atoms with Crippen molar-refractivity contribution in [3.63, 3.8) is 0 Å². The molecule has 3 aromatic rings. The van der Waals surface area contributed by atoms with E-state index in [2.05, 4.69) is 33.1 Å². The molecule has 1 amide bonds. The molecule has 3 aromatic carbocycles. The smallest absolute Gasteiger partial charge is 0.243 e. The van der Waals surface area contributed by atoms with E-state index in [4.69, 9.17) is 0 Å². The second-order valence-electron chi connectivity index (χ2n) is 10.5. The van der Waals surface area contributed by atoms with E-state index in [-0.39, 0.29) is 28.7 Å². The fourth-order valence-electron chi connectivity index (χ4n) is 5.94. The standard InChI is InChI=1S/C30H33N3O3S/c34-30(26-20-25(26)22-9-2-1-3-10-22)31-23-15-16-28(33-17-6-7-18-33)29(19-23)37(35,36)32-27-14-8-12-21-11-4-5-13-24(21)27/h1-5,9-11,13,15-16,19,25-27,32H,6-8,12,14,17-18,20H2,(H,31,34)/t25-,26-,27+/m0/s1. The molecule has 1 saturated carbocycles. The van der Waals surface area contributed by atoms with Gasteiger partial charge in [0, 0.05) is 30.7 Å². The molecule has 0 spiro atoms. The number of hydrogen-bond donors (Lipinski definition) is 2. The molecule has 2 aliphatic carbocycles. The van der Waals surface area contributed by atoms with Gasteiger partial charge in [-0.3, -0.25) is 4.79 Å². The molecule has 0 unspecified atom stereocenters. The number of amides is 1. The lowest BCUT2D eigenvalue weighted by molar-refractivity contribution is -0.117. The van der Waals surface area contributed by atoms with E-state index < -0.39 is 10.0 Å². The first kappa shape index (κ1) is 24.2. The highest BCUT2D eigenvalue weighted by atomic mass is 32.2. The quantitative estimate of drug-likeness (QED) is 0.443. The predicted molar refractivity (Wildman–Crippen MR) is 146 cm³/mol. The number of nitrogens with zero attached hydrogens (tertiary/aromatic N) is 1. The van der Waals surface area contributed by atoms with Crippen molar-refractivity contribution < 1.29 is 13.2 Å². The number of benzene rings is 3. The molecule has 3 aliphatic rings. The number of aryl methyl sites for hydroxylation is 1. The summed E-state index contributed by atoms with van der Waals surface area (Å²) in [5.41, 5.74) is 4.67. The van der Waals surface area contributed by atoms with E-state index in [1.165, 1.54) is 11.1 Å². The van der Waals surface area contributed by atoms with E-state index in [0.29, 0.717) is 11.4 Å². The van der Waals surface area contributed by atoms with Gasteiger partial charge in [-0.15, -0.1) is 0 Å². The molecule has 37 heavy (non-hydrogen) atoms. The first-order chi connectivity index (χ1) is 18.0.